The number of carbonyl (C=O) groups excluding carboxylic acids is 1. The quantitative estimate of drug-likeness (QED) is 0.857. The van der Waals surface area contributed by atoms with E-state index < -0.39 is 5.60 Å². The second-order valence-electron chi connectivity index (χ2n) is 6.98. The van der Waals surface area contributed by atoms with Crippen LogP contribution in [0.25, 0.3) is 0 Å². The Morgan fingerprint density at radius 2 is 2.30 bits per heavy atom. The summed E-state index contributed by atoms with van der Waals surface area (Å²) in [4.78, 5) is 20.2. The van der Waals surface area contributed by atoms with Crippen LogP contribution >= 0.6 is 0 Å². The monoisotopic (exact) mass is 316 g/mol. The fourth-order valence-corrected chi connectivity index (χ4v) is 2.65. The van der Waals surface area contributed by atoms with E-state index in [1.54, 1.807) is 23.2 Å². The largest absolute Gasteiger partial charge is 0.444 e. The SMILES string of the molecule is CN(C[C@H]1CCN(C(=O)OC(C)(C)C)C1)c1cc(C#N)ccn1. The Bertz CT molecular complexity index is 603. The molecular formula is C17H24N4O2. The second-order valence-corrected chi connectivity index (χ2v) is 6.98. The minimum Gasteiger partial charge on any atom is -0.444 e. The zero-order valence-corrected chi connectivity index (χ0v) is 14.2. The minimum absolute atomic E-state index is 0.243. The summed E-state index contributed by atoms with van der Waals surface area (Å²) in [6, 6.07) is 5.59. The number of carbonyl (C=O) groups is 1. The molecule has 6 heteroatoms. The molecule has 1 aliphatic heterocycles. The summed E-state index contributed by atoms with van der Waals surface area (Å²) in [6.45, 7) is 7.83. The molecule has 1 amide bonds. The smallest absolute Gasteiger partial charge is 0.410 e. The highest BCUT2D eigenvalue weighted by Crippen LogP contribution is 2.22. The lowest BCUT2D eigenvalue weighted by molar-refractivity contribution is 0.0288. The number of likely N-dealkylation sites (tertiary alicyclic amines) is 1. The Morgan fingerprint density at radius 3 is 2.96 bits per heavy atom. The lowest BCUT2D eigenvalue weighted by atomic mass is 10.1. The van der Waals surface area contributed by atoms with Crippen LogP contribution in [0.1, 0.15) is 32.8 Å². The number of aromatic nitrogens is 1. The molecule has 0 spiro atoms. The van der Waals surface area contributed by atoms with Gasteiger partial charge in [-0.15, -0.1) is 0 Å². The van der Waals surface area contributed by atoms with E-state index in [2.05, 4.69) is 11.1 Å². The summed E-state index contributed by atoms with van der Waals surface area (Å²) in [5.74, 6) is 1.15. The number of nitriles is 1. The molecule has 1 fully saturated rings. The van der Waals surface area contributed by atoms with Gasteiger partial charge < -0.3 is 14.5 Å². The van der Waals surface area contributed by atoms with Crippen molar-refractivity contribution in [1.82, 2.24) is 9.88 Å². The molecule has 124 valence electrons. The zero-order chi connectivity index (χ0) is 17.0. The maximum atomic E-state index is 12.1. The molecule has 23 heavy (non-hydrogen) atoms. The molecule has 2 heterocycles. The van der Waals surface area contributed by atoms with Crippen molar-refractivity contribution in [2.45, 2.75) is 32.8 Å². The predicted molar refractivity (Wildman–Crippen MR) is 88.1 cm³/mol. The van der Waals surface area contributed by atoms with Gasteiger partial charge in [-0.2, -0.15) is 5.26 Å². The van der Waals surface area contributed by atoms with Crippen molar-refractivity contribution in [2.24, 2.45) is 5.92 Å². The van der Waals surface area contributed by atoms with E-state index in [-0.39, 0.29) is 6.09 Å². The highest BCUT2D eigenvalue weighted by Gasteiger charge is 2.30. The summed E-state index contributed by atoms with van der Waals surface area (Å²) >= 11 is 0. The van der Waals surface area contributed by atoms with Gasteiger partial charge in [0.15, 0.2) is 0 Å². The molecule has 0 N–H and O–H groups in total. The molecule has 0 radical (unpaired) electrons. The van der Waals surface area contributed by atoms with Crippen molar-refractivity contribution in [2.75, 3.05) is 31.6 Å². The number of ether oxygens (including phenoxy) is 1. The Labute approximate surface area is 137 Å². The molecule has 0 aromatic carbocycles. The average molecular weight is 316 g/mol. The van der Waals surface area contributed by atoms with Gasteiger partial charge in [0.05, 0.1) is 11.6 Å². The summed E-state index contributed by atoms with van der Waals surface area (Å²) in [6.07, 6.45) is 2.35. The van der Waals surface area contributed by atoms with Gasteiger partial charge in [0.25, 0.3) is 0 Å². The molecule has 1 atom stereocenters. The molecule has 0 bridgehead atoms. The van der Waals surface area contributed by atoms with E-state index in [1.807, 2.05) is 32.7 Å². The van der Waals surface area contributed by atoms with Crippen LogP contribution in [0.15, 0.2) is 18.3 Å². The van der Waals surface area contributed by atoms with Crippen LogP contribution in [0.3, 0.4) is 0 Å². The summed E-state index contributed by atoms with van der Waals surface area (Å²) < 4.78 is 5.41. The molecule has 1 aliphatic rings. The van der Waals surface area contributed by atoms with Crippen molar-refractivity contribution < 1.29 is 9.53 Å². The number of rotatable bonds is 3. The van der Waals surface area contributed by atoms with Gasteiger partial charge in [-0.3, -0.25) is 0 Å². The third-order valence-corrected chi connectivity index (χ3v) is 3.74. The van der Waals surface area contributed by atoms with Crippen LogP contribution in [0, 0.1) is 17.2 Å². The minimum atomic E-state index is -0.465. The van der Waals surface area contributed by atoms with Gasteiger partial charge in [-0.1, -0.05) is 0 Å². The van der Waals surface area contributed by atoms with E-state index in [9.17, 15) is 4.79 Å². The molecule has 1 aromatic rings. The van der Waals surface area contributed by atoms with Gasteiger partial charge in [0.1, 0.15) is 11.4 Å². The van der Waals surface area contributed by atoms with E-state index >= 15 is 0 Å². The highest BCUT2D eigenvalue weighted by molar-refractivity contribution is 5.68. The van der Waals surface area contributed by atoms with Gasteiger partial charge in [-0.25, -0.2) is 9.78 Å². The van der Waals surface area contributed by atoms with Crippen LogP contribution in [-0.2, 0) is 4.74 Å². The molecule has 0 unspecified atom stereocenters. The van der Waals surface area contributed by atoms with Crippen molar-refractivity contribution in [3.8, 4) is 6.07 Å². The number of nitrogens with zero attached hydrogens (tertiary/aromatic N) is 4. The van der Waals surface area contributed by atoms with Gasteiger partial charge in [-0.05, 0) is 45.2 Å². The molecule has 1 saturated heterocycles. The Kier molecular flexibility index (Phi) is 5.09. The fraction of sp³-hybridized carbons (Fsp3) is 0.588. The van der Waals surface area contributed by atoms with Crippen LogP contribution in [0.4, 0.5) is 10.6 Å². The van der Waals surface area contributed by atoms with Crippen LogP contribution < -0.4 is 4.90 Å². The fourth-order valence-electron chi connectivity index (χ4n) is 2.65. The van der Waals surface area contributed by atoms with Crippen molar-refractivity contribution >= 4 is 11.9 Å². The summed E-state index contributed by atoms with van der Waals surface area (Å²) in [5.41, 5.74) is 0.136. The number of amides is 1. The van der Waals surface area contributed by atoms with Crippen molar-refractivity contribution in [3.63, 3.8) is 0 Å². The highest BCUT2D eigenvalue weighted by atomic mass is 16.6. The molecule has 0 saturated carbocycles. The maximum absolute atomic E-state index is 12.1. The molecule has 6 nitrogen and oxygen atoms in total. The third kappa shape index (κ3) is 4.85. The standard InChI is InChI=1S/C17H24N4O2/c1-17(2,3)23-16(22)21-8-6-14(12-21)11-20(4)15-9-13(10-18)5-7-19-15/h5,7,9,14H,6,8,11-12H2,1-4H3/t14-/m1/s1. The predicted octanol–water partition coefficient (Wildman–Crippen LogP) is 2.65. The van der Waals surface area contributed by atoms with E-state index in [0.717, 1.165) is 25.3 Å². The Hall–Kier alpha value is -2.29. The first-order valence-electron chi connectivity index (χ1n) is 7.83. The summed E-state index contributed by atoms with van der Waals surface area (Å²) in [5, 5.41) is 8.96. The first-order valence-corrected chi connectivity index (χ1v) is 7.83. The normalized spacial score (nSPS) is 17.7. The van der Waals surface area contributed by atoms with Gasteiger partial charge in [0.2, 0.25) is 0 Å². The summed E-state index contributed by atoms with van der Waals surface area (Å²) in [7, 11) is 1.96. The van der Waals surface area contributed by atoms with E-state index in [1.165, 1.54) is 0 Å². The lowest BCUT2D eigenvalue weighted by Gasteiger charge is -2.25. The van der Waals surface area contributed by atoms with E-state index in [4.69, 9.17) is 10.00 Å². The Morgan fingerprint density at radius 1 is 1.57 bits per heavy atom. The second kappa shape index (κ2) is 6.86. The maximum Gasteiger partial charge on any atom is 0.410 e. The molecule has 2 rings (SSSR count). The number of hydrogen-bond donors (Lipinski definition) is 0. The van der Waals surface area contributed by atoms with Crippen LogP contribution in [0.2, 0.25) is 0 Å². The van der Waals surface area contributed by atoms with Gasteiger partial charge >= 0.3 is 6.09 Å². The molecule has 0 aliphatic carbocycles. The average Bonchev–Trinajstić information content (AvgIpc) is 2.94. The lowest BCUT2D eigenvalue weighted by Crippen LogP contribution is -2.36. The molecule has 1 aromatic heterocycles. The van der Waals surface area contributed by atoms with Gasteiger partial charge in [0, 0.05) is 32.9 Å². The number of hydrogen-bond acceptors (Lipinski definition) is 5. The number of anilines is 1. The van der Waals surface area contributed by atoms with E-state index in [0.29, 0.717) is 18.0 Å². The Balaban J connectivity index is 1.90. The van der Waals surface area contributed by atoms with Crippen LogP contribution in [-0.4, -0.2) is 48.3 Å². The van der Waals surface area contributed by atoms with Crippen LogP contribution in [0.5, 0.6) is 0 Å². The first kappa shape index (κ1) is 17.1. The topological polar surface area (TPSA) is 69.5 Å². The van der Waals surface area contributed by atoms with Crippen molar-refractivity contribution in [1.29, 1.82) is 5.26 Å². The zero-order valence-electron chi connectivity index (χ0n) is 14.2. The number of pyridine rings is 1. The third-order valence-electron chi connectivity index (χ3n) is 3.74. The first-order chi connectivity index (χ1) is 10.8. The molecular weight excluding hydrogens is 292 g/mol. The van der Waals surface area contributed by atoms with Crippen molar-refractivity contribution in [3.05, 3.63) is 23.9 Å².